The third kappa shape index (κ3) is 3.82. The average Bonchev–Trinajstić information content (AvgIpc) is 2.78. The number of halogens is 2. The van der Waals surface area contributed by atoms with Crippen LogP contribution in [0.3, 0.4) is 0 Å². The predicted molar refractivity (Wildman–Crippen MR) is 98.9 cm³/mol. The summed E-state index contributed by atoms with van der Waals surface area (Å²) >= 11 is 6.02. The zero-order valence-corrected chi connectivity index (χ0v) is 17.3. The molecule has 1 aliphatic rings. The van der Waals surface area contributed by atoms with Gasteiger partial charge < -0.3 is 14.3 Å². The second-order valence-electron chi connectivity index (χ2n) is 8.16. The van der Waals surface area contributed by atoms with E-state index in [9.17, 15) is 19.1 Å². The van der Waals surface area contributed by atoms with Crippen LogP contribution in [0.15, 0.2) is 21.9 Å². The number of H-pyrrole nitrogens is 1. The molecule has 1 saturated heterocycles. The molecule has 2 heterocycles. The molecule has 148 valence electrons. The number of nitrogens with one attached hydrogen (secondary N) is 1. The van der Waals surface area contributed by atoms with Crippen LogP contribution in [0, 0.1) is 0 Å². The molecule has 4 atom stereocenters. The van der Waals surface area contributed by atoms with Gasteiger partial charge in [0.1, 0.15) is 11.7 Å². The minimum Gasteiger partial charge on any atom is -0.414 e. The summed E-state index contributed by atoms with van der Waals surface area (Å²) in [6.07, 6.45) is -3.76. The van der Waals surface area contributed by atoms with Crippen molar-refractivity contribution in [3.05, 3.63) is 33.1 Å². The maximum Gasteiger partial charge on any atom is 0.330 e. The van der Waals surface area contributed by atoms with Gasteiger partial charge in [-0.1, -0.05) is 20.8 Å². The Hall–Kier alpha value is -1.00. The number of hydrogen-bond donors (Lipinski definition) is 2. The van der Waals surface area contributed by atoms with Crippen molar-refractivity contribution in [1.82, 2.24) is 9.55 Å². The van der Waals surface area contributed by atoms with Gasteiger partial charge in [-0.3, -0.25) is 14.3 Å². The Morgan fingerprint density at radius 1 is 1.46 bits per heavy atom. The van der Waals surface area contributed by atoms with E-state index >= 15 is 0 Å². The van der Waals surface area contributed by atoms with Gasteiger partial charge in [0.25, 0.3) is 5.56 Å². The first-order valence-corrected chi connectivity index (χ1v) is 11.8. The molecule has 0 amide bonds. The fourth-order valence-corrected chi connectivity index (χ4v) is 3.78. The van der Waals surface area contributed by atoms with E-state index in [-0.39, 0.29) is 17.5 Å². The summed E-state index contributed by atoms with van der Waals surface area (Å²) in [5.41, 5.74) is -2.92. The first kappa shape index (κ1) is 21.3. The van der Waals surface area contributed by atoms with E-state index in [1.165, 1.54) is 0 Å². The molecule has 0 bridgehead atoms. The quantitative estimate of drug-likeness (QED) is 0.572. The highest BCUT2D eigenvalue weighted by molar-refractivity contribution is 6.74. The van der Waals surface area contributed by atoms with E-state index in [1.807, 2.05) is 18.1 Å². The van der Waals surface area contributed by atoms with E-state index in [0.717, 1.165) is 16.8 Å². The van der Waals surface area contributed by atoms with Crippen LogP contribution in [0.1, 0.15) is 27.0 Å². The van der Waals surface area contributed by atoms with Gasteiger partial charge in [0.2, 0.25) is 0 Å². The zero-order chi connectivity index (χ0) is 19.9. The molecule has 0 radical (unpaired) electrons. The van der Waals surface area contributed by atoms with Gasteiger partial charge in [0, 0.05) is 12.3 Å². The van der Waals surface area contributed by atoms with Crippen molar-refractivity contribution < 1.29 is 18.7 Å². The number of aromatic amines is 1. The molecule has 0 unspecified atom stereocenters. The van der Waals surface area contributed by atoms with Gasteiger partial charge in [-0.25, -0.2) is 9.18 Å². The Bertz CT molecular complexity index is 762. The fraction of sp³-hybridized carbons (Fsp3) is 0.750. The average molecular weight is 409 g/mol. The lowest BCUT2D eigenvalue weighted by Crippen LogP contribution is -2.52. The monoisotopic (exact) mass is 408 g/mol. The fourth-order valence-electron chi connectivity index (χ4n) is 2.45. The first-order chi connectivity index (χ1) is 11.8. The van der Waals surface area contributed by atoms with E-state index in [1.54, 1.807) is 0 Å². The normalized spacial score (nSPS) is 29.9. The maximum atomic E-state index is 14.8. The van der Waals surface area contributed by atoms with Crippen molar-refractivity contribution in [2.75, 3.05) is 12.5 Å². The van der Waals surface area contributed by atoms with Crippen LogP contribution in [-0.2, 0) is 9.16 Å². The zero-order valence-electron chi connectivity index (χ0n) is 15.6. The molecule has 0 saturated carbocycles. The Morgan fingerprint density at radius 3 is 2.58 bits per heavy atom. The minimum atomic E-state index is -2.20. The van der Waals surface area contributed by atoms with Gasteiger partial charge in [-0.2, -0.15) is 0 Å². The molecule has 1 fully saturated rings. The number of aliphatic hydroxyl groups is 1. The van der Waals surface area contributed by atoms with Crippen LogP contribution < -0.4 is 11.2 Å². The summed E-state index contributed by atoms with van der Waals surface area (Å²) < 4.78 is 27.5. The largest absolute Gasteiger partial charge is 0.414 e. The van der Waals surface area contributed by atoms with E-state index in [0.29, 0.717) is 0 Å². The molecule has 0 aromatic carbocycles. The van der Waals surface area contributed by atoms with Crippen molar-refractivity contribution in [3.8, 4) is 0 Å². The van der Waals surface area contributed by atoms with Gasteiger partial charge in [-0.05, 0) is 18.1 Å². The minimum absolute atomic E-state index is 0.0889. The summed E-state index contributed by atoms with van der Waals surface area (Å²) in [5.74, 6) is -0.211. The number of nitrogens with zero attached hydrogens (tertiary/aromatic N) is 1. The second kappa shape index (κ2) is 7.20. The molecular formula is C16H26ClFN2O5Si. The van der Waals surface area contributed by atoms with Crippen LogP contribution in [0.4, 0.5) is 4.39 Å². The van der Waals surface area contributed by atoms with Gasteiger partial charge in [0.05, 0.1) is 12.5 Å². The number of ether oxygens (including phenoxy) is 1. The molecule has 2 rings (SSSR count). The van der Waals surface area contributed by atoms with Gasteiger partial charge in [0.15, 0.2) is 20.7 Å². The highest BCUT2D eigenvalue weighted by Gasteiger charge is 2.57. The van der Waals surface area contributed by atoms with Crippen LogP contribution in [0.5, 0.6) is 0 Å². The van der Waals surface area contributed by atoms with Gasteiger partial charge >= 0.3 is 5.69 Å². The summed E-state index contributed by atoms with van der Waals surface area (Å²) in [6.45, 7) is 10.1. The standard InChI is InChI=1S/C16H26ClFN2O5Si/c1-15(2,3)26(4,5)24-9-16(8-17)12(22)11(18)13(25-16)20-7-6-10(21)19-14(20)23/h6-7,11-13,22H,8-9H2,1-5H3,(H,19,21,23)/t11-,12+,13-,16-/m1/s1. The lowest BCUT2D eigenvalue weighted by molar-refractivity contribution is -0.112. The highest BCUT2D eigenvalue weighted by atomic mass is 35.5. The Kier molecular flexibility index (Phi) is 5.89. The Balaban J connectivity index is 2.30. The van der Waals surface area contributed by atoms with Crippen LogP contribution in [0.2, 0.25) is 18.1 Å². The predicted octanol–water partition coefficient (Wildman–Crippen LogP) is 1.76. The number of alkyl halides is 2. The topological polar surface area (TPSA) is 93.5 Å². The van der Waals surface area contributed by atoms with Crippen molar-refractivity contribution >= 4 is 19.9 Å². The van der Waals surface area contributed by atoms with Crippen LogP contribution >= 0.6 is 11.6 Å². The lowest BCUT2D eigenvalue weighted by atomic mass is 9.99. The molecule has 26 heavy (non-hydrogen) atoms. The molecule has 0 spiro atoms. The van der Waals surface area contributed by atoms with Crippen LogP contribution in [-0.4, -0.2) is 53.3 Å². The summed E-state index contributed by atoms with van der Waals surface area (Å²) in [7, 11) is -2.20. The van der Waals surface area contributed by atoms with E-state index in [4.69, 9.17) is 20.8 Å². The third-order valence-corrected chi connectivity index (χ3v) is 10.2. The Labute approximate surface area is 157 Å². The van der Waals surface area contributed by atoms with Crippen LogP contribution in [0.25, 0.3) is 0 Å². The number of aromatic nitrogens is 2. The summed E-state index contributed by atoms with van der Waals surface area (Å²) in [4.78, 5) is 25.2. The van der Waals surface area contributed by atoms with Crippen molar-refractivity contribution in [1.29, 1.82) is 0 Å². The Morgan fingerprint density at radius 2 is 2.08 bits per heavy atom. The second-order valence-corrected chi connectivity index (χ2v) is 13.2. The van der Waals surface area contributed by atoms with E-state index < -0.39 is 43.7 Å². The molecule has 1 aromatic rings. The molecule has 2 N–H and O–H groups in total. The molecule has 10 heteroatoms. The molecule has 7 nitrogen and oxygen atoms in total. The molecule has 0 aliphatic carbocycles. The molecule has 1 aromatic heterocycles. The summed E-state index contributed by atoms with van der Waals surface area (Å²) in [5, 5.41) is 10.4. The first-order valence-electron chi connectivity index (χ1n) is 8.36. The molecule has 1 aliphatic heterocycles. The summed E-state index contributed by atoms with van der Waals surface area (Å²) in [6, 6.07) is 1.08. The number of hydrogen-bond acceptors (Lipinski definition) is 5. The number of rotatable bonds is 5. The van der Waals surface area contributed by atoms with Crippen molar-refractivity contribution in [3.63, 3.8) is 0 Å². The number of aliphatic hydroxyl groups excluding tert-OH is 1. The highest BCUT2D eigenvalue weighted by Crippen LogP contribution is 2.42. The van der Waals surface area contributed by atoms with Crippen molar-refractivity contribution in [2.24, 2.45) is 0 Å². The lowest BCUT2D eigenvalue weighted by Gasteiger charge is -2.40. The SMILES string of the molecule is CC(C)(C)[Si](C)(C)OC[C@@]1(CCl)O[C@@H](n2ccc(=O)[nH]c2=O)[C@H](F)[C@@H]1O. The van der Waals surface area contributed by atoms with Crippen molar-refractivity contribution in [2.45, 2.75) is 63.0 Å². The van der Waals surface area contributed by atoms with E-state index in [2.05, 4.69) is 20.8 Å². The third-order valence-electron chi connectivity index (χ3n) is 5.30. The smallest absolute Gasteiger partial charge is 0.330 e. The molecular weight excluding hydrogens is 383 g/mol. The maximum absolute atomic E-state index is 14.8. The van der Waals surface area contributed by atoms with Gasteiger partial charge in [-0.15, -0.1) is 11.6 Å².